The number of hydrogen-bond donors (Lipinski definition) is 1. The van der Waals surface area contributed by atoms with E-state index in [2.05, 4.69) is 5.32 Å². The molecule has 1 rings (SSSR count). The van der Waals surface area contributed by atoms with E-state index in [1.807, 2.05) is 0 Å². The monoisotopic (exact) mass is 210 g/mol. The molecular weight excluding hydrogens is 200 g/mol. The quantitative estimate of drug-likeness (QED) is 0.606. The predicted molar refractivity (Wildman–Crippen MR) is 54.0 cm³/mol. The first-order chi connectivity index (χ1) is 7.06. The van der Waals surface area contributed by atoms with Gasteiger partial charge in [-0.15, -0.1) is 0 Å². The Morgan fingerprint density at radius 2 is 2.20 bits per heavy atom. The summed E-state index contributed by atoms with van der Waals surface area (Å²) in [6.45, 7) is 1.28. The van der Waals surface area contributed by atoms with E-state index >= 15 is 0 Å². The van der Waals surface area contributed by atoms with Gasteiger partial charge in [0.05, 0.1) is 12.0 Å². The molecule has 0 spiro atoms. The summed E-state index contributed by atoms with van der Waals surface area (Å²) in [5, 5.41) is 13.1. The van der Waals surface area contributed by atoms with Gasteiger partial charge in [-0.05, 0) is 12.1 Å². The number of hydrogen-bond acceptors (Lipinski definition) is 4. The van der Waals surface area contributed by atoms with E-state index in [4.69, 9.17) is 4.74 Å². The van der Waals surface area contributed by atoms with Crippen molar-refractivity contribution in [1.82, 2.24) is 0 Å². The normalized spacial score (nSPS) is 9.47. The predicted octanol–water partition coefficient (Wildman–Crippen LogP) is 1.56. The molecule has 80 valence electrons. The van der Waals surface area contributed by atoms with E-state index in [1.54, 1.807) is 6.07 Å². The van der Waals surface area contributed by atoms with Gasteiger partial charge >= 0.3 is 5.69 Å². The van der Waals surface area contributed by atoms with Crippen LogP contribution in [0, 0.1) is 10.1 Å². The van der Waals surface area contributed by atoms with E-state index in [9.17, 15) is 14.9 Å². The Balaban J connectivity index is 3.25. The highest BCUT2D eigenvalue weighted by Gasteiger charge is 2.20. The van der Waals surface area contributed by atoms with Crippen molar-refractivity contribution < 1.29 is 14.5 Å². The molecule has 15 heavy (non-hydrogen) atoms. The van der Waals surface area contributed by atoms with Gasteiger partial charge in [0.25, 0.3) is 0 Å². The number of para-hydroxylation sites is 1. The summed E-state index contributed by atoms with van der Waals surface area (Å²) in [5.41, 5.74) is -0.109. The van der Waals surface area contributed by atoms with Crippen LogP contribution in [0.2, 0.25) is 0 Å². The highest BCUT2D eigenvalue weighted by atomic mass is 16.6. The number of amides is 1. The second-order valence-corrected chi connectivity index (χ2v) is 2.79. The molecule has 0 aliphatic carbocycles. The molecule has 0 bridgehead atoms. The van der Waals surface area contributed by atoms with Crippen molar-refractivity contribution >= 4 is 17.3 Å². The zero-order valence-electron chi connectivity index (χ0n) is 8.31. The van der Waals surface area contributed by atoms with Crippen LogP contribution < -0.4 is 10.1 Å². The molecule has 1 aromatic rings. The molecule has 0 heterocycles. The number of carbonyl (C=O) groups is 1. The van der Waals surface area contributed by atoms with Gasteiger partial charge in [-0.2, -0.15) is 0 Å². The van der Waals surface area contributed by atoms with Crippen LogP contribution in [-0.4, -0.2) is 17.9 Å². The minimum absolute atomic E-state index is 0.117. The number of anilines is 1. The fraction of sp³-hybridized carbons (Fsp3) is 0.222. The van der Waals surface area contributed by atoms with Crippen molar-refractivity contribution in [2.45, 2.75) is 6.92 Å². The van der Waals surface area contributed by atoms with Gasteiger partial charge < -0.3 is 10.1 Å². The Morgan fingerprint density at radius 1 is 1.53 bits per heavy atom. The zero-order valence-corrected chi connectivity index (χ0v) is 8.31. The first kappa shape index (κ1) is 11.0. The molecule has 0 saturated carbocycles. The lowest BCUT2D eigenvalue weighted by atomic mass is 10.2. The highest BCUT2D eigenvalue weighted by molar-refractivity contribution is 5.92. The summed E-state index contributed by atoms with van der Waals surface area (Å²) in [7, 11) is 1.33. The SMILES string of the molecule is COc1cccc(NC(C)=O)c1[N+](=O)[O-]. The smallest absolute Gasteiger partial charge is 0.334 e. The number of nitro groups is 1. The summed E-state index contributed by atoms with van der Waals surface area (Å²) in [6.07, 6.45) is 0. The molecule has 6 heteroatoms. The number of methoxy groups -OCH3 is 1. The number of carbonyl (C=O) groups excluding carboxylic acids is 1. The van der Waals surface area contributed by atoms with Gasteiger partial charge in [-0.3, -0.25) is 14.9 Å². The lowest BCUT2D eigenvalue weighted by Gasteiger charge is -2.06. The largest absolute Gasteiger partial charge is 0.490 e. The third-order valence-corrected chi connectivity index (χ3v) is 1.71. The topological polar surface area (TPSA) is 81.5 Å². The molecule has 1 aromatic carbocycles. The van der Waals surface area contributed by atoms with Crippen LogP contribution >= 0.6 is 0 Å². The van der Waals surface area contributed by atoms with Gasteiger partial charge in [0.1, 0.15) is 5.69 Å². The van der Waals surface area contributed by atoms with E-state index < -0.39 is 4.92 Å². The van der Waals surface area contributed by atoms with Crippen LogP contribution in [0.5, 0.6) is 5.75 Å². The summed E-state index contributed by atoms with van der Waals surface area (Å²) in [6, 6.07) is 4.47. The van der Waals surface area contributed by atoms with Gasteiger partial charge in [0, 0.05) is 6.92 Å². The Kier molecular flexibility index (Phi) is 3.22. The van der Waals surface area contributed by atoms with E-state index in [-0.39, 0.29) is 23.0 Å². The summed E-state index contributed by atoms with van der Waals surface area (Å²) >= 11 is 0. The second-order valence-electron chi connectivity index (χ2n) is 2.79. The van der Waals surface area contributed by atoms with Crippen LogP contribution in [0.25, 0.3) is 0 Å². The van der Waals surface area contributed by atoms with E-state index in [0.717, 1.165) is 0 Å². The molecule has 0 radical (unpaired) electrons. The standard InChI is InChI=1S/C9H10N2O4/c1-6(12)10-7-4-3-5-8(15-2)9(7)11(13)14/h3-5H,1-2H3,(H,10,12). The number of nitrogens with zero attached hydrogens (tertiary/aromatic N) is 1. The van der Waals surface area contributed by atoms with Gasteiger partial charge in [0.2, 0.25) is 5.91 Å². The maximum absolute atomic E-state index is 10.8. The number of rotatable bonds is 3. The molecule has 6 nitrogen and oxygen atoms in total. The summed E-state index contributed by atoms with van der Waals surface area (Å²) in [5.74, 6) is -0.252. The molecule has 0 aliphatic rings. The Hall–Kier alpha value is -2.11. The van der Waals surface area contributed by atoms with Crippen molar-refractivity contribution in [3.8, 4) is 5.75 Å². The Bertz CT molecular complexity index is 403. The molecule has 0 saturated heterocycles. The van der Waals surface area contributed by atoms with Crippen molar-refractivity contribution in [2.75, 3.05) is 12.4 Å². The number of nitrogens with one attached hydrogen (secondary N) is 1. The number of nitro benzene ring substituents is 1. The first-order valence-corrected chi connectivity index (χ1v) is 4.15. The van der Waals surface area contributed by atoms with Crippen molar-refractivity contribution in [3.05, 3.63) is 28.3 Å². The first-order valence-electron chi connectivity index (χ1n) is 4.15. The van der Waals surface area contributed by atoms with E-state index in [1.165, 1.54) is 26.2 Å². The van der Waals surface area contributed by atoms with Gasteiger partial charge in [-0.1, -0.05) is 6.07 Å². The minimum atomic E-state index is -0.593. The lowest BCUT2D eigenvalue weighted by Crippen LogP contribution is -2.08. The molecule has 1 N–H and O–H groups in total. The second kappa shape index (κ2) is 4.41. The molecule has 0 unspecified atom stereocenters. The molecule has 0 aliphatic heterocycles. The average Bonchev–Trinajstić information content (AvgIpc) is 2.15. The minimum Gasteiger partial charge on any atom is -0.490 e. The zero-order chi connectivity index (χ0) is 11.4. The molecule has 0 aromatic heterocycles. The molecule has 0 atom stereocenters. The number of ether oxygens (including phenoxy) is 1. The summed E-state index contributed by atoms with van der Waals surface area (Å²) < 4.78 is 4.84. The van der Waals surface area contributed by atoms with Crippen LogP contribution in [-0.2, 0) is 4.79 Å². The van der Waals surface area contributed by atoms with Crippen LogP contribution in [0.1, 0.15) is 6.92 Å². The summed E-state index contributed by atoms with van der Waals surface area (Å²) in [4.78, 5) is 21.0. The molecule has 1 amide bonds. The lowest BCUT2D eigenvalue weighted by molar-refractivity contribution is -0.384. The molecule has 0 fully saturated rings. The van der Waals surface area contributed by atoms with Crippen LogP contribution in [0.15, 0.2) is 18.2 Å². The maximum Gasteiger partial charge on any atom is 0.334 e. The van der Waals surface area contributed by atoms with Crippen molar-refractivity contribution in [3.63, 3.8) is 0 Å². The van der Waals surface area contributed by atoms with Crippen molar-refractivity contribution in [2.24, 2.45) is 0 Å². The molecular formula is C9H10N2O4. The average molecular weight is 210 g/mol. The third kappa shape index (κ3) is 2.43. The van der Waals surface area contributed by atoms with Gasteiger partial charge in [0.15, 0.2) is 5.75 Å². The number of benzene rings is 1. The maximum atomic E-state index is 10.8. The van der Waals surface area contributed by atoms with E-state index in [0.29, 0.717) is 0 Å². The van der Waals surface area contributed by atoms with Crippen LogP contribution in [0.3, 0.4) is 0 Å². The van der Waals surface area contributed by atoms with Gasteiger partial charge in [-0.25, -0.2) is 0 Å². The highest BCUT2D eigenvalue weighted by Crippen LogP contribution is 2.34. The third-order valence-electron chi connectivity index (χ3n) is 1.71. The Morgan fingerprint density at radius 3 is 2.67 bits per heavy atom. The fourth-order valence-electron chi connectivity index (χ4n) is 1.17. The van der Waals surface area contributed by atoms with Crippen molar-refractivity contribution in [1.29, 1.82) is 0 Å². The van der Waals surface area contributed by atoms with Crippen LogP contribution in [0.4, 0.5) is 11.4 Å². The fourth-order valence-corrected chi connectivity index (χ4v) is 1.17. The Labute approximate surface area is 86.0 Å².